The van der Waals surface area contributed by atoms with Crippen LogP contribution in [-0.4, -0.2) is 33.6 Å². The van der Waals surface area contributed by atoms with Gasteiger partial charge in [0.25, 0.3) is 5.91 Å². The highest BCUT2D eigenvalue weighted by Gasteiger charge is 2.20. The molecule has 0 aliphatic rings. The maximum atomic E-state index is 13.1. The number of ether oxygens (including phenoxy) is 1. The number of fused-ring (bicyclic) bond motifs is 1. The summed E-state index contributed by atoms with van der Waals surface area (Å²) in [6.45, 7) is 5.38. The number of hydrogen-bond donors (Lipinski definition) is 0. The van der Waals surface area contributed by atoms with Gasteiger partial charge in [0.2, 0.25) is 0 Å². The van der Waals surface area contributed by atoms with E-state index in [0.29, 0.717) is 17.4 Å². The van der Waals surface area contributed by atoms with E-state index in [0.717, 1.165) is 28.7 Å². The van der Waals surface area contributed by atoms with Crippen molar-refractivity contribution in [1.82, 2.24) is 14.5 Å². The van der Waals surface area contributed by atoms with Gasteiger partial charge in [-0.3, -0.25) is 9.69 Å². The van der Waals surface area contributed by atoms with Crippen LogP contribution in [0.1, 0.15) is 17.5 Å². The molecule has 6 nitrogen and oxygen atoms in total. The van der Waals surface area contributed by atoms with E-state index in [-0.39, 0.29) is 12.5 Å². The molecule has 30 heavy (non-hydrogen) atoms. The molecule has 0 unspecified atom stereocenters. The molecule has 0 spiro atoms. The van der Waals surface area contributed by atoms with E-state index in [9.17, 15) is 4.79 Å². The third kappa shape index (κ3) is 4.86. The number of rotatable bonds is 8. The fraction of sp³-hybridized carbons (Fsp3) is 0.261. The quantitative estimate of drug-likeness (QED) is 0.418. The standard InChI is InChI=1S/C23H24N4O2S/c1-17-5-3-6-19(13-17)29-15-22(28)27(11-4-10-26-12-9-24-16-26)23-25-20-8-7-18(2)14-21(20)30-23/h3,5-9,12-14,16H,4,10-11,15H2,1-2H3. The predicted molar refractivity (Wildman–Crippen MR) is 120 cm³/mol. The summed E-state index contributed by atoms with van der Waals surface area (Å²) in [6, 6.07) is 13.9. The second-order valence-electron chi connectivity index (χ2n) is 7.27. The van der Waals surface area contributed by atoms with Crippen LogP contribution in [0.5, 0.6) is 5.75 Å². The highest BCUT2D eigenvalue weighted by molar-refractivity contribution is 7.22. The summed E-state index contributed by atoms with van der Waals surface area (Å²) in [4.78, 5) is 23.6. The average molecular weight is 421 g/mol. The van der Waals surface area contributed by atoms with Gasteiger partial charge in [0.05, 0.1) is 16.5 Å². The number of carbonyl (C=O) groups excluding carboxylic acids is 1. The zero-order chi connectivity index (χ0) is 20.9. The Morgan fingerprint density at radius 2 is 2.03 bits per heavy atom. The minimum Gasteiger partial charge on any atom is -0.484 e. The van der Waals surface area contributed by atoms with Crippen LogP contribution < -0.4 is 9.64 Å². The van der Waals surface area contributed by atoms with Gasteiger partial charge in [-0.1, -0.05) is 29.5 Å². The van der Waals surface area contributed by atoms with Crippen LogP contribution in [0.4, 0.5) is 5.13 Å². The van der Waals surface area contributed by atoms with Crippen molar-refractivity contribution in [2.24, 2.45) is 0 Å². The second kappa shape index (κ2) is 9.09. The van der Waals surface area contributed by atoms with Crippen LogP contribution >= 0.6 is 11.3 Å². The van der Waals surface area contributed by atoms with E-state index in [1.807, 2.05) is 54.1 Å². The molecule has 0 radical (unpaired) electrons. The van der Waals surface area contributed by atoms with Crippen molar-refractivity contribution in [2.45, 2.75) is 26.8 Å². The number of anilines is 1. The van der Waals surface area contributed by atoms with Crippen molar-refractivity contribution in [3.8, 4) is 5.75 Å². The number of hydrogen-bond acceptors (Lipinski definition) is 5. The first-order chi connectivity index (χ1) is 14.6. The van der Waals surface area contributed by atoms with E-state index in [2.05, 4.69) is 18.0 Å². The fourth-order valence-electron chi connectivity index (χ4n) is 3.22. The Balaban J connectivity index is 1.51. The number of carbonyl (C=O) groups is 1. The highest BCUT2D eigenvalue weighted by Crippen LogP contribution is 2.30. The fourth-order valence-corrected chi connectivity index (χ4v) is 4.33. The Morgan fingerprint density at radius 1 is 1.17 bits per heavy atom. The molecule has 0 aliphatic heterocycles. The van der Waals surface area contributed by atoms with Crippen molar-refractivity contribution in [3.63, 3.8) is 0 Å². The minimum absolute atomic E-state index is 0.0243. The summed E-state index contributed by atoms with van der Waals surface area (Å²) in [5, 5.41) is 0.707. The van der Waals surface area contributed by atoms with Crippen molar-refractivity contribution >= 4 is 32.6 Å². The molecule has 4 rings (SSSR count). The Labute approximate surface area is 179 Å². The van der Waals surface area contributed by atoms with E-state index >= 15 is 0 Å². The molecule has 2 aromatic heterocycles. The molecule has 154 valence electrons. The van der Waals surface area contributed by atoms with Crippen LogP contribution in [-0.2, 0) is 11.3 Å². The summed E-state index contributed by atoms with van der Waals surface area (Å²) >= 11 is 1.54. The number of thiazole rings is 1. The molecular weight excluding hydrogens is 396 g/mol. The summed E-state index contributed by atoms with van der Waals surface area (Å²) < 4.78 is 8.86. The van der Waals surface area contributed by atoms with Crippen LogP contribution in [0, 0.1) is 13.8 Å². The van der Waals surface area contributed by atoms with Gasteiger partial charge in [0.15, 0.2) is 11.7 Å². The molecule has 0 saturated heterocycles. The molecule has 0 N–H and O–H groups in total. The number of aryl methyl sites for hydroxylation is 3. The number of benzene rings is 2. The lowest BCUT2D eigenvalue weighted by molar-refractivity contribution is -0.120. The largest absolute Gasteiger partial charge is 0.484 e. The second-order valence-corrected chi connectivity index (χ2v) is 8.28. The number of imidazole rings is 1. The first-order valence-electron chi connectivity index (χ1n) is 9.91. The van der Waals surface area contributed by atoms with Crippen molar-refractivity contribution in [3.05, 3.63) is 72.3 Å². The van der Waals surface area contributed by atoms with Crippen molar-refractivity contribution < 1.29 is 9.53 Å². The first kappa shape index (κ1) is 20.1. The van der Waals surface area contributed by atoms with Gasteiger partial charge in [-0.05, 0) is 55.7 Å². The van der Waals surface area contributed by atoms with Crippen molar-refractivity contribution in [2.75, 3.05) is 18.1 Å². The molecule has 2 heterocycles. The highest BCUT2D eigenvalue weighted by atomic mass is 32.1. The lowest BCUT2D eigenvalue weighted by Gasteiger charge is -2.20. The zero-order valence-corrected chi connectivity index (χ0v) is 17.9. The van der Waals surface area contributed by atoms with Gasteiger partial charge in [-0.2, -0.15) is 0 Å². The molecular formula is C23H24N4O2S. The van der Waals surface area contributed by atoms with Gasteiger partial charge in [-0.15, -0.1) is 0 Å². The molecule has 0 bridgehead atoms. The third-order valence-corrected chi connectivity index (χ3v) is 5.81. The van der Waals surface area contributed by atoms with Crippen LogP contribution in [0.3, 0.4) is 0 Å². The average Bonchev–Trinajstić information content (AvgIpc) is 3.38. The number of amides is 1. The maximum Gasteiger partial charge on any atom is 0.266 e. The first-order valence-corrected chi connectivity index (χ1v) is 10.7. The predicted octanol–water partition coefficient (Wildman–Crippen LogP) is 4.61. The molecule has 7 heteroatoms. The molecule has 0 saturated carbocycles. The smallest absolute Gasteiger partial charge is 0.266 e. The molecule has 0 atom stereocenters. The van der Waals surface area contributed by atoms with Crippen molar-refractivity contribution in [1.29, 1.82) is 0 Å². The summed E-state index contributed by atoms with van der Waals surface area (Å²) in [5.74, 6) is 0.597. The molecule has 0 fully saturated rings. The SMILES string of the molecule is Cc1cccc(OCC(=O)N(CCCn2ccnc2)c2nc3ccc(C)cc3s2)c1. The molecule has 1 amide bonds. The maximum absolute atomic E-state index is 13.1. The Morgan fingerprint density at radius 3 is 2.83 bits per heavy atom. The Bertz CT molecular complexity index is 1140. The monoisotopic (exact) mass is 420 g/mol. The van der Waals surface area contributed by atoms with Gasteiger partial charge in [-0.25, -0.2) is 9.97 Å². The molecule has 0 aliphatic carbocycles. The minimum atomic E-state index is -0.0992. The van der Waals surface area contributed by atoms with Gasteiger partial charge >= 0.3 is 0 Å². The topological polar surface area (TPSA) is 60.2 Å². The van der Waals surface area contributed by atoms with Crippen LogP contribution in [0.15, 0.2) is 61.2 Å². The Kier molecular flexibility index (Phi) is 6.09. The summed E-state index contributed by atoms with van der Waals surface area (Å²) in [7, 11) is 0. The Hall–Kier alpha value is -3.19. The van der Waals surface area contributed by atoms with Gasteiger partial charge in [0.1, 0.15) is 5.75 Å². The number of aromatic nitrogens is 3. The molecule has 4 aromatic rings. The van der Waals surface area contributed by atoms with Gasteiger partial charge in [0, 0.05) is 25.5 Å². The van der Waals surface area contributed by atoms with Gasteiger partial charge < -0.3 is 9.30 Å². The lowest BCUT2D eigenvalue weighted by Crippen LogP contribution is -2.36. The summed E-state index contributed by atoms with van der Waals surface area (Å²) in [5.41, 5.74) is 3.18. The zero-order valence-electron chi connectivity index (χ0n) is 17.1. The van der Waals surface area contributed by atoms with E-state index in [4.69, 9.17) is 9.72 Å². The van der Waals surface area contributed by atoms with E-state index in [1.165, 1.54) is 16.9 Å². The van der Waals surface area contributed by atoms with Crippen LogP contribution in [0.2, 0.25) is 0 Å². The number of nitrogens with zero attached hydrogens (tertiary/aromatic N) is 4. The molecule has 2 aromatic carbocycles. The summed E-state index contributed by atoms with van der Waals surface area (Å²) in [6.07, 6.45) is 6.26. The lowest BCUT2D eigenvalue weighted by atomic mass is 10.2. The normalized spacial score (nSPS) is 11.0. The van der Waals surface area contributed by atoms with E-state index in [1.54, 1.807) is 17.4 Å². The van der Waals surface area contributed by atoms with Crippen LogP contribution in [0.25, 0.3) is 10.2 Å². The van der Waals surface area contributed by atoms with E-state index < -0.39 is 0 Å². The third-order valence-electron chi connectivity index (χ3n) is 4.77.